The predicted molar refractivity (Wildman–Crippen MR) is 61.0 cm³/mol. The van der Waals surface area contributed by atoms with Gasteiger partial charge in [0.05, 0.1) is 0 Å². The molecule has 0 atom stereocenters. The summed E-state index contributed by atoms with van der Waals surface area (Å²) >= 11 is 1.86. The van der Waals surface area contributed by atoms with Crippen molar-refractivity contribution in [1.29, 1.82) is 0 Å². The molecular formula is C12H14OS. The predicted octanol–water partition coefficient (Wildman–Crippen LogP) is 3.12. The number of carbonyl (C=O) groups is 1. The first-order valence-electron chi connectivity index (χ1n) is 4.89. The summed E-state index contributed by atoms with van der Waals surface area (Å²) in [5, 5.41) is 0. The minimum absolute atomic E-state index is 0.322. The molecule has 0 N–H and O–H groups in total. The highest BCUT2D eigenvalue weighted by molar-refractivity contribution is 7.98. The summed E-state index contributed by atoms with van der Waals surface area (Å²) in [6, 6.07) is 4.26. The van der Waals surface area contributed by atoms with Crippen molar-refractivity contribution in [1.82, 2.24) is 0 Å². The average Bonchev–Trinajstić information content (AvgIpc) is 2.27. The van der Waals surface area contributed by atoms with Crippen LogP contribution in [0.15, 0.2) is 12.1 Å². The molecule has 1 heterocycles. The zero-order valence-electron chi connectivity index (χ0n) is 8.59. The molecule has 1 nitrogen and oxygen atoms in total. The minimum Gasteiger partial charge on any atom is -0.294 e. The van der Waals surface area contributed by atoms with Crippen LogP contribution in [0.25, 0.3) is 0 Å². The lowest BCUT2D eigenvalue weighted by Gasteiger charge is -2.09. The fourth-order valence-electron chi connectivity index (χ4n) is 2.04. The number of benzene rings is 1. The maximum atomic E-state index is 11.8. The molecule has 0 unspecified atom stereocenters. The van der Waals surface area contributed by atoms with Gasteiger partial charge in [0.25, 0.3) is 0 Å². The van der Waals surface area contributed by atoms with E-state index in [0.717, 1.165) is 22.6 Å². The van der Waals surface area contributed by atoms with Crippen molar-refractivity contribution >= 4 is 17.5 Å². The average molecular weight is 206 g/mol. The van der Waals surface area contributed by atoms with Gasteiger partial charge >= 0.3 is 0 Å². The van der Waals surface area contributed by atoms with Gasteiger partial charge in [-0.3, -0.25) is 4.79 Å². The molecular weight excluding hydrogens is 192 g/mol. The largest absolute Gasteiger partial charge is 0.294 e. The first-order chi connectivity index (χ1) is 6.68. The SMILES string of the molecule is Cc1cc(C)c2c(c1)CSCCC2=O. The first kappa shape index (κ1) is 9.78. The van der Waals surface area contributed by atoms with Crippen molar-refractivity contribution < 1.29 is 4.79 Å². The molecule has 0 radical (unpaired) electrons. The van der Waals surface area contributed by atoms with Crippen LogP contribution >= 0.6 is 11.8 Å². The second-order valence-corrected chi connectivity index (χ2v) is 4.95. The summed E-state index contributed by atoms with van der Waals surface area (Å²) in [5.41, 5.74) is 4.62. The van der Waals surface area contributed by atoms with Crippen molar-refractivity contribution in [2.75, 3.05) is 5.75 Å². The molecule has 0 fully saturated rings. The second-order valence-electron chi connectivity index (χ2n) is 3.84. The molecule has 2 heteroatoms. The van der Waals surface area contributed by atoms with Gasteiger partial charge in [-0.05, 0) is 25.0 Å². The molecule has 0 amide bonds. The van der Waals surface area contributed by atoms with Gasteiger partial charge in [0.2, 0.25) is 0 Å². The molecule has 0 saturated carbocycles. The molecule has 74 valence electrons. The van der Waals surface area contributed by atoms with E-state index in [-0.39, 0.29) is 0 Å². The van der Waals surface area contributed by atoms with Gasteiger partial charge in [-0.2, -0.15) is 11.8 Å². The molecule has 0 aliphatic carbocycles. The highest BCUT2D eigenvalue weighted by Gasteiger charge is 2.17. The Labute approximate surface area is 88.9 Å². The highest BCUT2D eigenvalue weighted by atomic mass is 32.2. The van der Waals surface area contributed by atoms with Crippen LogP contribution in [0.3, 0.4) is 0 Å². The number of fused-ring (bicyclic) bond motifs is 1. The van der Waals surface area contributed by atoms with Crippen LogP contribution in [0, 0.1) is 13.8 Å². The molecule has 0 spiro atoms. The van der Waals surface area contributed by atoms with Gasteiger partial charge in [0.15, 0.2) is 5.78 Å². The Morgan fingerprint density at radius 2 is 2.07 bits per heavy atom. The topological polar surface area (TPSA) is 17.1 Å². The number of thioether (sulfide) groups is 1. The van der Waals surface area contributed by atoms with E-state index in [0.29, 0.717) is 12.2 Å². The van der Waals surface area contributed by atoms with Crippen LogP contribution in [0.5, 0.6) is 0 Å². The third-order valence-electron chi connectivity index (χ3n) is 2.57. The quantitative estimate of drug-likeness (QED) is 0.648. The van der Waals surface area contributed by atoms with Crippen LogP contribution in [-0.2, 0) is 5.75 Å². The van der Waals surface area contributed by atoms with E-state index in [1.54, 1.807) is 0 Å². The van der Waals surface area contributed by atoms with Gasteiger partial charge in [0.1, 0.15) is 0 Å². The summed E-state index contributed by atoms with van der Waals surface area (Å²) in [7, 11) is 0. The molecule has 1 aliphatic rings. The monoisotopic (exact) mass is 206 g/mol. The Morgan fingerprint density at radius 3 is 2.86 bits per heavy atom. The summed E-state index contributed by atoms with van der Waals surface area (Å²) in [5.74, 6) is 2.28. The van der Waals surface area contributed by atoms with Gasteiger partial charge in [-0.25, -0.2) is 0 Å². The standard InChI is InChI=1S/C12H14OS/c1-8-5-9(2)12-10(6-8)7-14-4-3-11(12)13/h5-6H,3-4,7H2,1-2H3. The van der Waals surface area contributed by atoms with Crippen molar-refractivity contribution in [3.05, 3.63) is 34.4 Å². The maximum Gasteiger partial charge on any atom is 0.164 e. The van der Waals surface area contributed by atoms with E-state index in [4.69, 9.17) is 0 Å². The molecule has 2 rings (SSSR count). The van der Waals surface area contributed by atoms with Crippen LogP contribution in [0.2, 0.25) is 0 Å². The van der Waals surface area contributed by atoms with E-state index in [2.05, 4.69) is 19.1 Å². The van der Waals surface area contributed by atoms with Gasteiger partial charge in [0, 0.05) is 23.5 Å². The van der Waals surface area contributed by atoms with Gasteiger partial charge in [-0.1, -0.05) is 17.7 Å². The number of rotatable bonds is 0. The van der Waals surface area contributed by atoms with Crippen molar-refractivity contribution in [2.24, 2.45) is 0 Å². The summed E-state index contributed by atoms with van der Waals surface area (Å²) < 4.78 is 0. The molecule has 1 aromatic carbocycles. The molecule has 14 heavy (non-hydrogen) atoms. The van der Waals surface area contributed by atoms with E-state index >= 15 is 0 Å². The van der Waals surface area contributed by atoms with Crippen molar-refractivity contribution in [2.45, 2.75) is 26.0 Å². The Bertz CT molecular complexity index is 382. The number of hydrogen-bond donors (Lipinski definition) is 0. The van der Waals surface area contributed by atoms with Gasteiger partial charge < -0.3 is 0 Å². The third-order valence-corrected chi connectivity index (χ3v) is 3.58. The maximum absolute atomic E-state index is 11.8. The van der Waals surface area contributed by atoms with E-state index in [9.17, 15) is 4.79 Å². The van der Waals surface area contributed by atoms with Crippen LogP contribution in [0.1, 0.15) is 33.5 Å². The number of ketones is 1. The Hall–Kier alpha value is -0.760. The fourth-order valence-corrected chi connectivity index (χ4v) is 2.96. The number of hydrogen-bond acceptors (Lipinski definition) is 2. The van der Waals surface area contributed by atoms with Crippen LogP contribution < -0.4 is 0 Å². The second kappa shape index (κ2) is 3.77. The molecule has 1 aromatic rings. The van der Waals surface area contributed by atoms with Gasteiger partial charge in [-0.15, -0.1) is 0 Å². The van der Waals surface area contributed by atoms with E-state index < -0.39 is 0 Å². The smallest absolute Gasteiger partial charge is 0.164 e. The zero-order chi connectivity index (χ0) is 10.1. The molecule has 0 saturated heterocycles. The third kappa shape index (κ3) is 1.71. The lowest BCUT2D eigenvalue weighted by Crippen LogP contribution is -2.04. The lowest BCUT2D eigenvalue weighted by molar-refractivity contribution is 0.0989. The Kier molecular flexibility index (Phi) is 2.64. The van der Waals surface area contributed by atoms with Crippen molar-refractivity contribution in [3.63, 3.8) is 0 Å². The highest BCUT2D eigenvalue weighted by Crippen LogP contribution is 2.27. The number of carbonyl (C=O) groups excluding carboxylic acids is 1. The summed E-state index contributed by atoms with van der Waals surface area (Å²) in [6.45, 7) is 4.13. The normalized spacial score (nSPS) is 16.3. The number of aryl methyl sites for hydroxylation is 2. The Balaban J connectivity index is 2.58. The molecule has 0 aromatic heterocycles. The summed E-state index contributed by atoms with van der Waals surface area (Å²) in [6.07, 6.45) is 0.696. The number of Topliss-reactive ketones (excluding diaryl/α,β-unsaturated/α-hetero) is 1. The zero-order valence-corrected chi connectivity index (χ0v) is 9.41. The van der Waals surface area contributed by atoms with Crippen molar-refractivity contribution in [3.8, 4) is 0 Å². The van der Waals surface area contributed by atoms with Crippen LogP contribution in [-0.4, -0.2) is 11.5 Å². The van der Waals surface area contributed by atoms with E-state index in [1.165, 1.54) is 11.1 Å². The fraction of sp³-hybridized carbons (Fsp3) is 0.417. The Morgan fingerprint density at radius 1 is 1.29 bits per heavy atom. The van der Waals surface area contributed by atoms with Crippen LogP contribution in [0.4, 0.5) is 0 Å². The lowest BCUT2D eigenvalue weighted by atomic mass is 9.96. The first-order valence-corrected chi connectivity index (χ1v) is 6.05. The minimum atomic E-state index is 0.322. The summed E-state index contributed by atoms with van der Waals surface area (Å²) in [4.78, 5) is 11.8. The molecule has 1 aliphatic heterocycles. The van der Waals surface area contributed by atoms with E-state index in [1.807, 2.05) is 18.7 Å². The molecule has 0 bridgehead atoms.